The Labute approximate surface area is 171 Å². The lowest BCUT2D eigenvalue weighted by molar-refractivity contribution is -0.189. The Morgan fingerprint density at radius 1 is 1.17 bits per heavy atom. The van der Waals surface area contributed by atoms with Crippen LogP contribution in [0.15, 0.2) is 24.3 Å². The van der Waals surface area contributed by atoms with E-state index in [9.17, 15) is 18.0 Å². The Kier molecular flexibility index (Phi) is 5.25. The van der Waals surface area contributed by atoms with Crippen LogP contribution in [-0.2, 0) is 0 Å². The first-order chi connectivity index (χ1) is 14.3. The van der Waals surface area contributed by atoms with E-state index in [1.165, 1.54) is 20.3 Å². The minimum Gasteiger partial charge on any atom is -0.493 e. The fraction of sp³-hybridized carbons (Fsp3) is 0.500. The minimum absolute atomic E-state index is 0.0832. The first-order valence-electron chi connectivity index (χ1n) is 9.78. The largest absolute Gasteiger partial charge is 0.493 e. The van der Waals surface area contributed by atoms with Gasteiger partial charge >= 0.3 is 6.18 Å². The van der Waals surface area contributed by atoms with Crippen molar-refractivity contribution in [2.24, 2.45) is 5.92 Å². The molecule has 3 atom stereocenters. The first-order valence-corrected chi connectivity index (χ1v) is 9.78. The molecule has 0 radical (unpaired) electrons. The molecule has 1 aromatic carbocycles. The average molecular weight is 424 g/mol. The average Bonchev–Trinajstić information content (AvgIpc) is 3.14. The molecule has 2 aliphatic rings. The van der Waals surface area contributed by atoms with Gasteiger partial charge in [0.2, 0.25) is 0 Å². The second kappa shape index (κ2) is 7.73. The molecule has 2 N–H and O–H groups in total. The molecule has 2 heterocycles. The smallest absolute Gasteiger partial charge is 0.411 e. The zero-order valence-electron chi connectivity index (χ0n) is 16.6. The van der Waals surface area contributed by atoms with Crippen LogP contribution in [0.4, 0.5) is 24.7 Å². The fourth-order valence-electron chi connectivity index (χ4n) is 4.40. The second-order valence-electron chi connectivity index (χ2n) is 7.57. The summed E-state index contributed by atoms with van der Waals surface area (Å²) in [5.74, 6) is -0.0595. The molecule has 0 spiro atoms. The molecule has 7 nitrogen and oxygen atoms in total. The quantitative estimate of drug-likeness (QED) is 0.768. The van der Waals surface area contributed by atoms with Gasteiger partial charge in [-0.25, -0.2) is 4.68 Å². The minimum atomic E-state index is -4.44. The summed E-state index contributed by atoms with van der Waals surface area (Å²) in [6.07, 6.45) is -1.64. The lowest BCUT2D eigenvalue weighted by atomic mass is 9.78. The summed E-state index contributed by atoms with van der Waals surface area (Å²) < 4.78 is 53.0. The van der Waals surface area contributed by atoms with Gasteiger partial charge in [0.05, 0.1) is 14.2 Å². The molecule has 0 saturated heterocycles. The lowest BCUT2D eigenvalue weighted by Crippen LogP contribution is -2.48. The third-order valence-corrected chi connectivity index (χ3v) is 5.77. The van der Waals surface area contributed by atoms with Crippen LogP contribution in [-0.4, -0.2) is 42.1 Å². The summed E-state index contributed by atoms with van der Waals surface area (Å²) in [6, 6.07) is 4.18. The molecule has 1 aliphatic carbocycles. The third kappa shape index (κ3) is 3.66. The molecule has 4 rings (SSSR count). The van der Waals surface area contributed by atoms with Gasteiger partial charge in [0.1, 0.15) is 5.82 Å². The monoisotopic (exact) mass is 424 g/mol. The molecule has 1 fully saturated rings. The van der Waals surface area contributed by atoms with Crippen molar-refractivity contribution in [1.29, 1.82) is 0 Å². The Morgan fingerprint density at radius 3 is 2.60 bits per heavy atom. The van der Waals surface area contributed by atoms with Crippen molar-refractivity contribution in [3.8, 4) is 11.5 Å². The summed E-state index contributed by atoms with van der Waals surface area (Å²) in [7, 11) is 2.96. The number of halogens is 3. The zero-order chi connectivity index (χ0) is 21.5. The number of aromatic nitrogens is 2. The molecule has 2 aromatic rings. The normalized spacial score (nSPS) is 23.0. The summed E-state index contributed by atoms with van der Waals surface area (Å²) in [6.45, 7) is 0. The van der Waals surface area contributed by atoms with E-state index in [2.05, 4.69) is 15.7 Å². The molecular formula is C20H23F3N4O3. The van der Waals surface area contributed by atoms with Crippen LogP contribution in [0.1, 0.15) is 42.2 Å². The van der Waals surface area contributed by atoms with Crippen LogP contribution >= 0.6 is 0 Å². The zero-order valence-corrected chi connectivity index (χ0v) is 16.6. The van der Waals surface area contributed by atoms with Gasteiger partial charge in [-0.05, 0) is 25.0 Å². The van der Waals surface area contributed by atoms with Crippen molar-refractivity contribution in [2.45, 2.75) is 43.9 Å². The highest BCUT2D eigenvalue weighted by Gasteiger charge is 2.52. The maximum atomic E-state index is 13.9. The van der Waals surface area contributed by atoms with Gasteiger partial charge < -0.3 is 20.1 Å². The SMILES string of the molecule is COc1ccc(NC(=O)c2cc3n(n2)[C@H](C(F)(F)F)[C@H]2CCCC[C@@H]2N3)cc1OC. The summed E-state index contributed by atoms with van der Waals surface area (Å²) in [5.41, 5.74) is 0.331. The molecule has 10 heteroatoms. The van der Waals surface area contributed by atoms with Gasteiger partial charge in [0, 0.05) is 29.8 Å². The number of nitrogens with zero attached hydrogens (tertiary/aromatic N) is 2. The van der Waals surface area contributed by atoms with Gasteiger partial charge in [0.15, 0.2) is 23.2 Å². The van der Waals surface area contributed by atoms with Gasteiger partial charge in [-0.2, -0.15) is 18.3 Å². The number of anilines is 2. The number of hydrogen-bond acceptors (Lipinski definition) is 5. The molecule has 1 aromatic heterocycles. The van der Waals surface area contributed by atoms with E-state index in [1.54, 1.807) is 18.2 Å². The number of benzene rings is 1. The fourth-order valence-corrected chi connectivity index (χ4v) is 4.40. The molecule has 1 aliphatic heterocycles. The first kappa shape index (κ1) is 20.4. The molecule has 162 valence electrons. The third-order valence-electron chi connectivity index (χ3n) is 5.77. The Bertz CT molecular complexity index is 944. The Morgan fingerprint density at radius 2 is 1.90 bits per heavy atom. The van der Waals surface area contributed by atoms with Crippen LogP contribution in [0.5, 0.6) is 11.5 Å². The highest BCUT2D eigenvalue weighted by atomic mass is 19.4. The lowest BCUT2D eigenvalue weighted by Gasteiger charge is -2.43. The number of amides is 1. The number of alkyl halides is 3. The maximum absolute atomic E-state index is 13.9. The highest BCUT2D eigenvalue weighted by molar-refractivity contribution is 6.03. The molecule has 0 unspecified atom stereocenters. The van der Waals surface area contributed by atoms with Crippen LogP contribution in [0.3, 0.4) is 0 Å². The maximum Gasteiger partial charge on any atom is 0.411 e. The number of carbonyl (C=O) groups is 1. The number of fused-ring (bicyclic) bond motifs is 2. The number of nitrogens with one attached hydrogen (secondary N) is 2. The highest BCUT2D eigenvalue weighted by Crippen LogP contribution is 2.47. The van der Waals surface area contributed by atoms with Crippen LogP contribution in [0, 0.1) is 5.92 Å². The molecule has 30 heavy (non-hydrogen) atoms. The number of rotatable bonds is 4. The van der Waals surface area contributed by atoms with Crippen molar-refractivity contribution in [2.75, 3.05) is 24.9 Å². The summed E-state index contributed by atoms with van der Waals surface area (Å²) >= 11 is 0. The van der Waals surface area contributed by atoms with Gasteiger partial charge in [-0.15, -0.1) is 0 Å². The molecular weight excluding hydrogens is 401 g/mol. The van der Waals surface area contributed by atoms with Crippen LogP contribution in [0.2, 0.25) is 0 Å². The van der Waals surface area contributed by atoms with Crippen LogP contribution in [0.25, 0.3) is 0 Å². The molecule has 1 saturated carbocycles. The van der Waals surface area contributed by atoms with Crippen molar-refractivity contribution in [1.82, 2.24) is 9.78 Å². The summed E-state index contributed by atoms with van der Waals surface area (Å²) in [4.78, 5) is 12.7. The van der Waals surface area contributed by atoms with Gasteiger partial charge in [-0.1, -0.05) is 12.8 Å². The molecule has 0 bridgehead atoms. The van der Waals surface area contributed by atoms with E-state index < -0.39 is 24.0 Å². The number of ether oxygens (including phenoxy) is 2. The van der Waals surface area contributed by atoms with Crippen molar-refractivity contribution in [3.05, 3.63) is 30.0 Å². The Hall–Kier alpha value is -2.91. The number of carbonyl (C=O) groups excluding carboxylic acids is 1. The topological polar surface area (TPSA) is 77.4 Å². The van der Waals surface area contributed by atoms with Gasteiger partial charge in [-0.3, -0.25) is 4.79 Å². The summed E-state index contributed by atoms with van der Waals surface area (Å²) in [5, 5.41) is 9.84. The van der Waals surface area contributed by atoms with E-state index >= 15 is 0 Å². The van der Waals surface area contributed by atoms with Gasteiger partial charge in [0.25, 0.3) is 5.91 Å². The van der Waals surface area contributed by atoms with Crippen molar-refractivity contribution in [3.63, 3.8) is 0 Å². The van der Waals surface area contributed by atoms with Crippen LogP contribution < -0.4 is 20.1 Å². The second-order valence-corrected chi connectivity index (χ2v) is 7.57. The van der Waals surface area contributed by atoms with E-state index in [0.717, 1.165) is 17.5 Å². The van der Waals surface area contributed by atoms with E-state index in [0.29, 0.717) is 30.0 Å². The van der Waals surface area contributed by atoms with E-state index in [4.69, 9.17) is 9.47 Å². The predicted molar refractivity (Wildman–Crippen MR) is 104 cm³/mol. The number of methoxy groups -OCH3 is 2. The Balaban J connectivity index is 1.61. The van der Waals surface area contributed by atoms with E-state index in [-0.39, 0.29) is 17.6 Å². The van der Waals surface area contributed by atoms with E-state index in [1.807, 2.05) is 0 Å². The standard InChI is InChI=1S/C20H23F3N4O3/c1-29-15-8-7-11(9-16(15)30-2)24-19(28)14-10-17-25-13-6-4-3-5-12(13)18(20(21,22)23)27(17)26-14/h7-10,12-13,18,25H,3-6H2,1-2H3,(H,24,28)/t12-,13-,18-/m0/s1. The number of hydrogen-bond donors (Lipinski definition) is 2. The predicted octanol–water partition coefficient (Wildman–Crippen LogP) is 4.24. The molecule has 1 amide bonds. The van der Waals surface area contributed by atoms with Crippen molar-refractivity contribution < 1.29 is 27.4 Å². The van der Waals surface area contributed by atoms with Crippen molar-refractivity contribution >= 4 is 17.4 Å².